The van der Waals surface area contributed by atoms with E-state index in [1.54, 1.807) is 18.2 Å². The van der Waals surface area contributed by atoms with Gasteiger partial charge < -0.3 is 0 Å². The molecular weight excluding hydrogens is 338 g/mol. The van der Waals surface area contributed by atoms with Crippen molar-refractivity contribution in [2.24, 2.45) is 0 Å². The fourth-order valence-corrected chi connectivity index (χ4v) is 4.18. The third-order valence-corrected chi connectivity index (χ3v) is 5.48. The molecule has 0 unspecified atom stereocenters. The smallest absolute Gasteiger partial charge is 0.279 e. The standard InChI is InChI=1S/C14H11N3O4S2/c1-9-15-11-8-10(6-7-13(11)22-9)16-23(20,21)14-5-3-2-4-12(14)17(18)19/h2-8,16H,1H3. The lowest BCUT2D eigenvalue weighted by molar-refractivity contribution is -0.387. The van der Waals surface area contributed by atoms with E-state index in [1.165, 1.54) is 29.5 Å². The van der Waals surface area contributed by atoms with Crippen molar-refractivity contribution >= 4 is 43.0 Å². The van der Waals surface area contributed by atoms with Crippen LogP contribution in [0.3, 0.4) is 0 Å². The number of nitrogens with one attached hydrogen (secondary N) is 1. The number of nitro benzene ring substituents is 1. The summed E-state index contributed by atoms with van der Waals surface area (Å²) < 4.78 is 28.2. The van der Waals surface area contributed by atoms with E-state index in [-0.39, 0.29) is 4.90 Å². The summed E-state index contributed by atoms with van der Waals surface area (Å²) in [7, 11) is -4.07. The van der Waals surface area contributed by atoms with Crippen LogP contribution in [0, 0.1) is 17.0 Å². The van der Waals surface area contributed by atoms with Crippen LogP contribution in [0.1, 0.15) is 5.01 Å². The summed E-state index contributed by atoms with van der Waals surface area (Å²) in [5.41, 5.74) is 0.516. The average Bonchev–Trinajstić information content (AvgIpc) is 2.86. The van der Waals surface area contributed by atoms with E-state index in [1.807, 2.05) is 6.92 Å². The van der Waals surface area contributed by atoms with Gasteiger partial charge in [0.1, 0.15) is 0 Å². The number of aromatic nitrogens is 1. The summed E-state index contributed by atoms with van der Waals surface area (Å²) in [6, 6.07) is 10.2. The summed E-state index contributed by atoms with van der Waals surface area (Å²) in [5.74, 6) is 0. The van der Waals surface area contributed by atoms with Crippen molar-refractivity contribution in [1.29, 1.82) is 0 Å². The highest BCUT2D eigenvalue weighted by Gasteiger charge is 2.25. The van der Waals surface area contributed by atoms with Gasteiger partial charge in [0.25, 0.3) is 15.7 Å². The molecule has 0 aliphatic heterocycles. The molecule has 0 fully saturated rings. The van der Waals surface area contributed by atoms with Gasteiger partial charge in [-0.05, 0) is 31.2 Å². The van der Waals surface area contributed by atoms with Crippen molar-refractivity contribution in [3.05, 3.63) is 57.6 Å². The van der Waals surface area contributed by atoms with E-state index < -0.39 is 20.6 Å². The highest BCUT2D eigenvalue weighted by atomic mass is 32.2. The fourth-order valence-electron chi connectivity index (χ4n) is 2.15. The van der Waals surface area contributed by atoms with Crippen LogP contribution >= 0.6 is 11.3 Å². The first-order chi connectivity index (χ1) is 10.9. The zero-order valence-corrected chi connectivity index (χ0v) is 13.5. The van der Waals surface area contributed by atoms with Gasteiger partial charge in [0.2, 0.25) is 0 Å². The molecular formula is C14H11N3O4S2. The summed E-state index contributed by atoms with van der Waals surface area (Å²) in [4.78, 5) is 14.2. The number of nitrogens with zero attached hydrogens (tertiary/aromatic N) is 2. The van der Waals surface area contributed by atoms with Crippen molar-refractivity contribution < 1.29 is 13.3 Å². The first-order valence-corrected chi connectivity index (χ1v) is 8.80. The van der Waals surface area contributed by atoms with Crippen molar-refractivity contribution in [3.63, 3.8) is 0 Å². The molecule has 0 atom stereocenters. The highest BCUT2D eigenvalue weighted by molar-refractivity contribution is 7.92. The zero-order chi connectivity index (χ0) is 16.6. The van der Waals surface area contributed by atoms with Gasteiger partial charge in [-0.25, -0.2) is 13.4 Å². The molecule has 0 amide bonds. The van der Waals surface area contributed by atoms with Gasteiger partial charge >= 0.3 is 0 Å². The second-order valence-electron chi connectivity index (χ2n) is 4.75. The minimum Gasteiger partial charge on any atom is -0.279 e. The molecule has 0 bridgehead atoms. The van der Waals surface area contributed by atoms with Gasteiger partial charge in [-0.3, -0.25) is 14.8 Å². The monoisotopic (exact) mass is 349 g/mol. The first-order valence-electron chi connectivity index (χ1n) is 6.50. The summed E-state index contributed by atoms with van der Waals surface area (Å²) in [6.07, 6.45) is 0. The van der Waals surface area contributed by atoms with E-state index in [0.717, 1.165) is 15.8 Å². The molecule has 118 valence electrons. The van der Waals surface area contributed by atoms with Crippen LogP contribution < -0.4 is 4.72 Å². The molecule has 23 heavy (non-hydrogen) atoms. The lowest BCUT2D eigenvalue weighted by Gasteiger charge is -2.08. The van der Waals surface area contributed by atoms with Gasteiger partial charge in [0.05, 0.1) is 25.8 Å². The molecule has 1 N–H and O–H groups in total. The maximum Gasteiger partial charge on any atom is 0.289 e. The number of thiazole rings is 1. The number of para-hydroxylation sites is 1. The van der Waals surface area contributed by atoms with E-state index in [2.05, 4.69) is 9.71 Å². The van der Waals surface area contributed by atoms with Gasteiger partial charge in [0, 0.05) is 6.07 Å². The first kappa shape index (κ1) is 15.4. The highest BCUT2D eigenvalue weighted by Crippen LogP contribution is 2.28. The number of anilines is 1. The number of hydrogen-bond donors (Lipinski definition) is 1. The van der Waals surface area contributed by atoms with E-state index >= 15 is 0 Å². The zero-order valence-electron chi connectivity index (χ0n) is 11.9. The van der Waals surface area contributed by atoms with Gasteiger partial charge in [-0.15, -0.1) is 11.3 Å². The lowest BCUT2D eigenvalue weighted by atomic mass is 10.3. The molecule has 2 aromatic carbocycles. The molecule has 0 saturated heterocycles. The Hall–Kier alpha value is -2.52. The second-order valence-corrected chi connectivity index (χ2v) is 7.63. The number of hydrogen-bond acceptors (Lipinski definition) is 6. The molecule has 0 aliphatic carbocycles. The number of sulfonamides is 1. The van der Waals surface area contributed by atoms with Crippen LogP contribution in [0.5, 0.6) is 0 Å². The van der Waals surface area contributed by atoms with Crippen LogP contribution in [0.15, 0.2) is 47.4 Å². The summed E-state index contributed by atoms with van der Waals surface area (Å²) in [6.45, 7) is 1.86. The van der Waals surface area contributed by atoms with Crippen LogP contribution in [-0.2, 0) is 10.0 Å². The van der Waals surface area contributed by atoms with Crippen LogP contribution in [-0.4, -0.2) is 18.3 Å². The van der Waals surface area contributed by atoms with Crippen molar-refractivity contribution in [2.75, 3.05) is 4.72 Å². The Kier molecular flexibility index (Phi) is 3.74. The number of rotatable bonds is 4. The Bertz CT molecular complexity index is 1010. The topological polar surface area (TPSA) is 102 Å². The molecule has 3 rings (SSSR count). The lowest BCUT2D eigenvalue weighted by Crippen LogP contribution is -2.14. The normalized spacial score (nSPS) is 11.5. The molecule has 0 saturated carbocycles. The maximum atomic E-state index is 12.4. The van der Waals surface area contributed by atoms with Gasteiger partial charge in [-0.1, -0.05) is 12.1 Å². The Labute approximate surface area is 135 Å². The SMILES string of the molecule is Cc1nc2cc(NS(=O)(=O)c3ccccc3[N+](=O)[O-])ccc2s1. The number of fused-ring (bicyclic) bond motifs is 1. The predicted molar refractivity (Wildman–Crippen MR) is 88.3 cm³/mol. The predicted octanol–water partition coefficient (Wildman–Crippen LogP) is 3.31. The molecule has 9 heteroatoms. The molecule has 3 aromatic rings. The second kappa shape index (κ2) is 5.60. The Balaban J connectivity index is 2.01. The van der Waals surface area contributed by atoms with Gasteiger partial charge in [-0.2, -0.15) is 0 Å². The Morgan fingerprint density at radius 1 is 1.22 bits per heavy atom. The Morgan fingerprint density at radius 3 is 2.70 bits per heavy atom. The third kappa shape index (κ3) is 3.01. The van der Waals surface area contributed by atoms with Crippen LogP contribution in [0.25, 0.3) is 10.2 Å². The number of aryl methyl sites for hydroxylation is 1. The largest absolute Gasteiger partial charge is 0.289 e. The molecule has 7 nitrogen and oxygen atoms in total. The molecule has 1 aromatic heterocycles. The summed E-state index contributed by atoms with van der Waals surface area (Å²) >= 11 is 1.50. The minimum absolute atomic E-state index is 0.306. The van der Waals surface area contributed by atoms with Crippen LogP contribution in [0.4, 0.5) is 11.4 Å². The average molecular weight is 349 g/mol. The Morgan fingerprint density at radius 2 is 1.96 bits per heavy atom. The van der Waals surface area contributed by atoms with E-state index in [9.17, 15) is 18.5 Å². The van der Waals surface area contributed by atoms with Gasteiger partial charge in [0.15, 0.2) is 4.90 Å². The quantitative estimate of drug-likeness (QED) is 0.575. The summed E-state index contributed by atoms with van der Waals surface area (Å²) in [5, 5.41) is 11.9. The maximum absolute atomic E-state index is 12.4. The molecule has 0 radical (unpaired) electrons. The molecule has 0 spiro atoms. The number of nitro groups is 1. The van der Waals surface area contributed by atoms with Crippen molar-refractivity contribution in [3.8, 4) is 0 Å². The van der Waals surface area contributed by atoms with Crippen molar-refractivity contribution in [2.45, 2.75) is 11.8 Å². The number of benzene rings is 2. The third-order valence-electron chi connectivity index (χ3n) is 3.10. The van der Waals surface area contributed by atoms with Crippen LogP contribution in [0.2, 0.25) is 0 Å². The minimum atomic E-state index is -4.07. The van der Waals surface area contributed by atoms with Crippen molar-refractivity contribution in [1.82, 2.24) is 4.98 Å². The van der Waals surface area contributed by atoms with E-state index in [4.69, 9.17) is 0 Å². The fraction of sp³-hybridized carbons (Fsp3) is 0.0714. The van der Waals surface area contributed by atoms with E-state index in [0.29, 0.717) is 11.2 Å². The molecule has 1 heterocycles. The molecule has 0 aliphatic rings.